The van der Waals surface area contributed by atoms with E-state index >= 15 is 0 Å². The molecule has 1 fully saturated rings. The molecule has 0 spiro atoms. The van der Waals surface area contributed by atoms with Crippen LogP contribution in [0.4, 0.5) is 0 Å². The molecule has 2 rings (SSSR count). The van der Waals surface area contributed by atoms with E-state index in [9.17, 15) is 9.90 Å². The number of thioether (sulfide) groups is 1. The van der Waals surface area contributed by atoms with Crippen LogP contribution in [0.1, 0.15) is 12.0 Å². The molecule has 0 radical (unpaired) electrons. The molecule has 4 nitrogen and oxygen atoms in total. The lowest BCUT2D eigenvalue weighted by Crippen LogP contribution is -2.53. The summed E-state index contributed by atoms with van der Waals surface area (Å²) in [5.41, 5.74) is 1.18. The molecule has 19 heavy (non-hydrogen) atoms. The van der Waals surface area contributed by atoms with E-state index in [1.807, 2.05) is 31.2 Å². The Hall–Kier alpha value is -1.04. The van der Waals surface area contributed by atoms with E-state index in [1.54, 1.807) is 0 Å². The molecule has 0 aromatic heterocycles. The van der Waals surface area contributed by atoms with E-state index in [0.29, 0.717) is 12.3 Å². The van der Waals surface area contributed by atoms with Crippen LogP contribution in [0.2, 0.25) is 0 Å². The second-order valence-electron chi connectivity index (χ2n) is 4.79. The second-order valence-corrected chi connectivity index (χ2v) is 5.81. The number of aliphatic hydroxyl groups excluding tert-OH is 1. The van der Waals surface area contributed by atoms with Crippen molar-refractivity contribution in [3.8, 4) is 0 Å². The lowest BCUT2D eigenvalue weighted by Gasteiger charge is -2.29. The number of carbonyl (C=O) groups is 1. The van der Waals surface area contributed by atoms with Crippen LogP contribution < -0.4 is 10.6 Å². The zero-order valence-corrected chi connectivity index (χ0v) is 11.9. The highest BCUT2D eigenvalue weighted by Crippen LogP contribution is 2.21. The number of aliphatic hydroxyl groups is 1. The lowest BCUT2D eigenvalue weighted by atomic mass is 10.0. The van der Waals surface area contributed by atoms with Gasteiger partial charge in [-0.25, -0.2) is 0 Å². The number of amides is 1. The standard InChI is InChI=1S/C14H20N2O2S/c1-10-4-2-3-5-13(10)19-9-14(18)16-11-6-7-15-8-12(11)17/h2-5,11-12,15,17H,6-9H2,1H3,(H,16,18)/t11-,12-/m1/s1. The SMILES string of the molecule is Cc1ccccc1SCC(=O)N[C@@H]1CCNC[C@H]1O. The first kappa shape index (κ1) is 14.4. The average Bonchev–Trinajstić information content (AvgIpc) is 2.40. The Balaban J connectivity index is 1.80. The number of nitrogens with one attached hydrogen (secondary N) is 2. The van der Waals surface area contributed by atoms with E-state index in [1.165, 1.54) is 17.3 Å². The Morgan fingerprint density at radius 2 is 2.32 bits per heavy atom. The average molecular weight is 280 g/mol. The zero-order valence-electron chi connectivity index (χ0n) is 11.1. The molecule has 1 heterocycles. The van der Waals surface area contributed by atoms with E-state index in [0.717, 1.165) is 17.9 Å². The summed E-state index contributed by atoms with van der Waals surface area (Å²) in [5, 5.41) is 15.8. The highest BCUT2D eigenvalue weighted by atomic mass is 32.2. The number of piperidine rings is 1. The van der Waals surface area contributed by atoms with Crippen molar-refractivity contribution in [2.24, 2.45) is 0 Å². The summed E-state index contributed by atoms with van der Waals surface area (Å²) >= 11 is 1.54. The Morgan fingerprint density at radius 1 is 1.53 bits per heavy atom. The largest absolute Gasteiger partial charge is 0.390 e. The van der Waals surface area contributed by atoms with E-state index in [2.05, 4.69) is 10.6 Å². The minimum atomic E-state index is -0.485. The Labute approximate surface area is 118 Å². The molecule has 0 aliphatic carbocycles. The molecule has 1 saturated heterocycles. The van der Waals surface area contributed by atoms with Crippen LogP contribution >= 0.6 is 11.8 Å². The number of aryl methyl sites for hydroxylation is 1. The highest BCUT2D eigenvalue weighted by Gasteiger charge is 2.24. The topological polar surface area (TPSA) is 61.4 Å². The van der Waals surface area contributed by atoms with Crippen LogP contribution in [-0.2, 0) is 4.79 Å². The molecule has 2 atom stereocenters. The fraction of sp³-hybridized carbons (Fsp3) is 0.500. The summed E-state index contributed by atoms with van der Waals surface area (Å²) < 4.78 is 0. The molecule has 0 bridgehead atoms. The van der Waals surface area contributed by atoms with Gasteiger partial charge in [0.25, 0.3) is 0 Å². The minimum Gasteiger partial charge on any atom is -0.390 e. The van der Waals surface area contributed by atoms with Crippen LogP contribution in [0.3, 0.4) is 0 Å². The first-order valence-electron chi connectivity index (χ1n) is 6.53. The molecule has 3 N–H and O–H groups in total. The number of carbonyl (C=O) groups excluding carboxylic acids is 1. The summed E-state index contributed by atoms with van der Waals surface area (Å²) in [6, 6.07) is 7.91. The normalized spacial score (nSPS) is 23.1. The quantitative estimate of drug-likeness (QED) is 0.718. The molecule has 1 aromatic rings. The molecular formula is C14H20N2O2S. The van der Waals surface area contributed by atoms with Gasteiger partial charge >= 0.3 is 0 Å². The van der Waals surface area contributed by atoms with E-state index in [4.69, 9.17) is 0 Å². The summed E-state index contributed by atoms with van der Waals surface area (Å²) in [5.74, 6) is 0.376. The fourth-order valence-electron chi connectivity index (χ4n) is 2.12. The maximum Gasteiger partial charge on any atom is 0.230 e. The summed E-state index contributed by atoms with van der Waals surface area (Å²) in [4.78, 5) is 13.0. The summed E-state index contributed by atoms with van der Waals surface area (Å²) in [7, 11) is 0. The van der Waals surface area contributed by atoms with Gasteiger partial charge in [-0.1, -0.05) is 18.2 Å². The lowest BCUT2D eigenvalue weighted by molar-refractivity contribution is -0.120. The fourth-order valence-corrected chi connectivity index (χ4v) is 2.96. The summed E-state index contributed by atoms with van der Waals surface area (Å²) in [6.07, 6.45) is 0.295. The van der Waals surface area contributed by atoms with Crippen LogP contribution in [0.15, 0.2) is 29.2 Å². The van der Waals surface area contributed by atoms with Crippen molar-refractivity contribution < 1.29 is 9.90 Å². The van der Waals surface area contributed by atoms with Gasteiger partial charge in [-0.2, -0.15) is 0 Å². The molecule has 1 amide bonds. The van der Waals surface area contributed by atoms with Crippen molar-refractivity contribution in [2.45, 2.75) is 30.4 Å². The van der Waals surface area contributed by atoms with Crippen LogP contribution in [0.5, 0.6) is 0 Å². The predicted octanol–water partition coefficient (Wildman–Crippen LogP) is 0.926. The molecule has 1 aromatic carbocycles. The van der Waals surface area contributed by atoms with Crippen LogP contribution in [-0.4, -0.2) is 42.0 Å². The van der Waals surface area contributed by atoms with Crippen molar-refractivity contribution >= 4 is 17.7 Å². The maximum atomic E-state index is 11.9. The van der Waals surface area contributed by atoms with Gasteiger partial charge in [0, 0.05) is 11.4 Å². The van der Waals surface area contributed by atoms with Gasteiger partial charge in [-0.3, -0.25) is 4.79 Å². The second kappa shape index (κ2) is 6.93. The molecule has 104 valence electrons. The molecule has 0 unspecified atom stereocenters. The number of rotatable bonds is 4. The third kappa shape index (κ3) is 4.23. The molecule has 5 heteroatoms. The molecule has 0 saturated carbocycles. The van der Waals surface area contributed by atoms with Crippen molar-refractivity contribution in [2.75, 3.05) is 18.8 Å². The molecule has 1 aliphatic rings. The highest BCUT2D eigenvalue weighted by molar-refractivity contribution is 8.00. The van der Waals surface area contributed by atoms with E-state index in [-0.39, 0.29) is 11.9 Å². The third-order valence-corrected chi connectivity index (χ3v) is 4.42. The third-order valence-electron chi connectivity index (χ3n) is 3.25. The zero-order chi connectivity index (χ0) is 13.7. The predicted molar refractivity (Wildman–Crippen MR) is 77.3 cm³/mol. The Bertz CT molecular complexity index is 439. The minimum absolute atomic E-state index is 0.0146. The summed E-state index contributed by atoms with van der Waals surface area (Å²) in [6.45, 7) is 3.43. The van der Waals surface area contributed by atoms with Crippen molar-refractivity contribution in [1.29, 1.82) is 0 Å². The van der Waals surface area contributed by atoms with Crippen LogP contribution in [0, 0.1) is 6.92 Å². The number of benzene rings is 1. The van der Waals surface area contributed by atoms with Gasteiger partial charge in [0.05, 0.1) is 17.9 Å². The van der Waals surface area contributed by atoms with Crippen molar-refractivity contribution in [1.82, 2.24) is 10.6 Å². The van der Waals surface area contributed by atoms with Gasteiger partial charge in [0.1, 0.15) is 0 Å². The molecule has 1 aliphatic heterocycles. The van der Waals surface area contributed by atoms with Crippen molar-refractivity contribution in [3.63, 3.8) is 0 Å². The Morgan fingerprint density at radius 3 is 3.05 bits per heavy atom. The van der Waals surface area contributed by atoms with Gasteiger partial charge < -0.3 is 15.7 Å². The first-order chi connectivity index (χ1) is 9.16. The van der Waals surface area contributed by atoms with Gasteiger partial charge in [0.15, 0.2) is 0 Å². The molecular weight excluding hydrogens is 260 g/mol. The van der Waals surface area contributed by atoms with E-state index < -0.39 is 6.10 Å². The van der Waals surface area contributed by atoms with Crippen molar-refractivity contribution in [3.05, 3.63) is 29.8 Å². The number of β-amino-alcohol motifs (C(OH)–C–C–N with tert-alkyl or cyclic N) is 1. The maximum absolute atomic E-state index is 11.9. The van der Waals surface area contributed by atoms with Crippen LogP contribution in [0.25, 0.3) is 0 Å². The van der Waals surface area contributed by atoms with Gasteiger partial charge in [-0.15, -0.1) is 11.8 Å². The van der Waals surface area contributed by atoms with Gasteiger partial charge in [-0.05, 0) is 31.5 Å². The monoisotopic (exact) mass is 280 g/mol. The smallest absolute Gasteiger partial charge is 0.230 e. The first-order valence-corrected chi connectivity index (χ1v) is 7.52. The number of hydrogen-bond acceptors (Lipinski definition) is 4. The number of hydrogen-bond donors (Lipinski definition) is 3. The van der Waals surface area contributed by atoms with Gasteiger partial charge in [0.2, 0.25) is 5.91 Å². The Kier molecular flexibility index (Phi) is 5.24.